The minimum absolute atomic E-state index is 0.0538. The summed E-state index contributed by atoms with van der Waals surface area (Å²) >= 11 is 0. The van der Waals surface area contributed by atoms with Crippen molar-refractivity contribution in [2.75, 3.05) is 39.3 Å². The van der Waals surface area contributed by atoms with Crippen LogP contribution in [0.15, 0.2) is 18.2 Å². The summed E-state index contributed by atoms with van der Waals surface area (Å²) in [5.41, 5.74) is 6.69. The Morgan fingerprint density at radius 2 is 1.94 bits per heavy atom. The topological polar surface area (TPSA) is 70.8 Å². The molecule has 0 fully saturated rings. The first-order valence-electron chi connectivity index (χ1n) is 5.75. The third-order valence-electron chi connectivity index (χ3n) is 2.33. The van der Waals surface area contributed by atoms with Gasteiger partial charge in [-0.05, 0) is 19.1 Å². The van der Waals surface area contributed by atoms with Gasteiger partial charge in [-0.15, -0.1) is 0 Å². The molecule has 0 amide bonds. The number of hydrogen-bond donors (Lipinski definition) is 1. The van der Waals surface area contributed by atoms with E-state index in [0.29, 0.717) is 43.4 Å². The van der Waals surface area contributed by atoms with E-state index >= 15 is 0 Å². The maximum atomic E-state index is 11.2. The number of ketones is 1. The van der Waals surface area contributed by atoms with Crippen LogP contribution in [0.4, 0.5) is 5.69 Å². The molecule has 0 spiro atoms. The summed E-state index contributed by atoms with van der Waals surface area (Å²) in [7, 11) is 1.62. The van der Waals surface area contributed by atoms with Gasteiger partial charge in [0.15, 0.2) is 5.78 Å². The summed E-state index contributed by atoms with van der Waals surface area (Å²) in [6, 6.07) is 5.03. The van der Waals surface area contributed by atoms with Crippen LogP contribution in [-0.4, -0.2) is 39.3 Å². The highest BCUT2D eigenvalue weighted by atomic mass is 16.5. The molecule has 0 aliphatic carbocycles. The number of Topliss-reactive ketones (excluding diaryl/α,β-unsaturated/α-hetero) is 1. The number of nitrogen functional groups attached to an aromatic ring is 1. The number of anilines is 1. The van der Waals surface area contributed by atoms with Crippen LogP contribution < -0.4 is 10.5 Å². The van der Waals surface area contributed by atoms with Crippen LogP contribution in [-0.2, 0) is 9.47 Å². The van der Waals surface area contributed by atoms with Crippen molar-refractivity contribution in [2.45, 2.75) is 6.92 Å². The van der Waals surface area contributed by atoms with Crippen LogP contribution in [0.1, 0.15) is 17.3 Å². The zero-order chi connectivity index (χ0) is 13.4. The van der Waals surface area contributed by atoms with Crippen molar-refractivity contribution in [3.63, 3.8) is 0 Å². The normalized spacial score (nSPS) is 10.3. The second-order valence-electron chi connectivity index (χ2n) is 3.76. The standard InChI is InChI=1S/C13H19NO4/c1-10(15)12-4-3-11(9-13(12)14)18-8-7-17-6-5-16-2/h3-4,9H,5-8,14H2,1-2H3. The molecular formula is C13H19NO4. The lowest BCUT2D eigenvalue weighted by atomic mass is 10.1. The number of rotatable bonds is 8. The van der Waals surface area contributed by atoms with E-state index < -0.39 is 0 Å². The van der Waals surface area contributed by atoms with Crippen LogP contribution in [0.2, 0.25) is 0 Å². The summed E-state index contributed by atoms with van der Waals surface area (Å²) in [6.07, 6.45) is 0. The van der Waals surface area contributed by atoms with Crippen molar-refractivity contribution in [1.29, 1.82) is 0 Å². The zero-order valence-electron chi connectivity index (χ0n) is 10.8. The first-order chi connectivity index (χ1) is 8.65. The highest BCUT2D eigenvalue weighted by Gasteiger charge is 2.05. The lowest BCUT2D eigenvalue weighted by Crippen LogP contribution is -2.10. The van der Waals surface area contributed by atoms with Gasteiger partial charge in [-0.25, -0.2) is 0 Å². The third kappa shape index (κ3) is 4.73. The van der Waals surface area contributed by atoms with Gasteiger partial charge in [0.2, 0.25) is 0 Å². The smallest absolute Gasteiger partial charge is 0.161 e. The van der Waals surface area contributed by atoms with Crippen LogP contribution in [0.5, 0.6) is 5.75 Å². The van der Waals surface area contributed by atoms with E-state index in [4.69, 9.17) is 19.9 Å². The van der Waals surface area contributed by atoms with E-state index in [-0.39, 0.29) is 5.78 Å². The fourth-order valence-electron chi connectivity index (χ4n) is 1.41. The second-order valence-corrected chi connectivity index (χ2v) is 3.76. The van der Waals surface area contributed by atoms with Crippen molar-refractivity contribution in [1.82, 2.24) is 0 Å². The fourth-order valence-corrected chi connectivity index (χ4v) is 1.41. The lowest BCUT2D eigenvalue weighted by molar-refractivity contribution is 0.0544. The summed E-state index contributed by atoms with van der Waals surface area (Å²) in [5.74, 6) is 0.579. The molecule has 0 saturated carbocycles. The van der Waals surface area contributed by atoms with Gasteiger partial charge >= 0.3 is 0 Å². The first-order valence-corrected chi connectivity index (χ1v) is 5.75. The quantitative estimate of drug-likeness (QED) is 0.432. The minimum Gasteiger partial charge on any atom is -0.491 e. The first kappa shape index (κ1) is 14.5. The molecular weight excluding hydrogens is 234 g/mol. The predicted molar refractivity (Wildman–Crippen MR) is 69.0 cm³/mol. The van der Waals surface area contributed by atoms with Gasteiger partial charge < -0.3 is 19.9 Å². The largest absolute Gasteiger partial charge is 0.491 e. The van der Waals surface area contributed by atoms with Gasteiger partial charge in [-0.2, -0.15) is 0 Å². The zero-order valence-corrected chi connectivity index (χ0v) is 10.8. The fraction of sp³-hybridized carbons (Fsp3) is 0.462. The van der Waals surface area contributed by atoms with E-state index in [2.05, 4.69) is 0 Å². The molecule has 1 rings (SSSR count). The SMILES string of the molecule is COCCOCCOc1ccc(C(C)=O)c(N)c1. The van der Waals surface area contributed by atoms with Crippen molar-refractivity contribution in [3.8, 4) is 5.75 Å². The molecule has 0 atom stereocenters. The molecule has 2 N–H and O–H groups in total. The van der Waals surface area contributed by atoms with Crippen LogP contribution in [0.25, 0.3) is 0 Å². The molecule has 18 heavy (non-hydrogen) atoms. The van der Waals surface area contributed by atoms with Crippen molar-refractivity contribution < 1.29 is 19.0 Å². The van der Waals surface area contributed by atoms with Gasteiger partial charge in [0.05, 0.1) is 19.8 Å². The highest BCUT2D eigenvalue weighted by molar-refractivity contribution is 5.99. The highest BCUT2D eigenvalue weighted by Crippen LogP contribution is 2.20. The molecule has 5 heteroatoms. The molecule has 1 aromatic carbocycles. The summed E-state index contributed by atoms with van der Waals surface area (Å²) < 4.78 is 15.5. The Hall–Kier alpha value is -1.59. The summed E-state index contributed by atoms with van der Waals surface area (Å²) in [5, 5.41) is 0. The number of benzene rings is 1. The van der Waals surface area contributed by atoms with Crippen molar-refractivity contribution in [2.24, 2.45) is 0 Å². The summed E-state index contributed by atoms with van der Waals surface area (Å²) in [6.45, 7) is 3.52. The van der Waals surface area contributed by atoms with Crippen LogP contribution in [0.3, 0.4) is 0 Å². The average Bonchev–Trinajstić information content (AvgIpc) is 2.33. The maximum absolute atomic E-state index is 11.2. The van der Waals surface area contributed by atoms with Crippen molar-refractivity contribution in [3.05, 3.63) is 23.8 Å². The Kier molecular flexibility index (Phi) is 6.18. The lowest BCUT2D eigenvalue weighted by Gasteiger charge is -2.09. The Bertz CT molecular complexity index is 393. The number of hydrogen-bond acceptors (Lipinski definition) is 5. The molecule has 0 radical (unpaired) electrons. The van der Waals surface area contributed by atoms with Crippen LogP contribution in [0, 0.1) is 0 Å². The number of nitrogens with two attached hydrogens (primary N) is 1. The molecule has 0 aliphatic rings. The Morgan fingerprint density at radius 3 is 2.56 bits per heavy atom. The van der Waals surface area contributed by atoms with Gasteiger partial charge in [-0.1, -0.05) is 0 Å². The summed E-state index contributed by atoms with van der Waals surface area (Å²) in [4.78, 5) is 11.2. The molecule has 0 unspecified atom stereocenters. The molecule has 0 aromatic heterocycles. The van der Waals surface area contributed by atoms with Crippen molar-refractivity contribution >= 4 is 11.5 Å². The van der Waals surface area contributed by atoms with Gasteiger partial charge in [0.25, 0.3) is 0 Å². The van der Waals surface area contributed by atoms with Crippen LogP contribution >= 0.6 is 0 Å². The van der Waals surface area contributed by atoms with Gasteiger partial charge in [-0.3, -0.25) is 4.79 Å². The Labute approximate surface area is 107 Å². The maximum Gasteiger partial charge on any atom is 0.161 e. The minimum atomic E-state index is -0.0538. The van der Waals surface area contributed by atoms with E-state index in [1.165, 1.54) is 6.92 Å². The molecule has 1 aromatic rings. The number of carbonyl (C=O) groups is 1. The third-order valence-corrected chi connectivity index (χ3v) is 2.33. The van der Waals surface area contributed by atoms with Gasteiger partial charge in [0, 0.05) is 24.4 Å². The number of ether oxygens (including phenoxy) is 3. The van der Waals surface area contributed by atoms with E-state index in [1.807, 2.05) is 0 Å². The molecule has 0 aliphatic heterocycles. The average molecular weight is 253 g/mol. The Balaban J connectivity index is 2.35. The van der Waals surface area contributed by atoms with E-state index in [0.717, 1.165) is 0 Å². The predicted octanol–water partition coefficient (Wildman–Crippen LogP) is 1.51. The molecule has 0 saturated heterocycles. The van der Waals surface area contributed by atoms with E-state index in [1.54, 1.807) is 25.3 Å². The van der Waals surface area contributed by atoms with E-state index in [9.17, 15) is 4.79 Å². The molecule has 100 valence electrons. The monoisotopic (exact) mass is 253 g/mol. The Morgan fingerprint density at radius 1 is 1.22 bits per heavy atom. The number of methoxy groups -OCH3 is 1. The molecule has 0 heterocycles. The van der Waals surface area contributed by atoms with Gasteiger partial charge in [0.1, 0.15) is 12.4 Å². The number of carbonyl (C=O) groups excluding carboxylic acids is 1. The molecule has 0 bridgehead atoms. The second kappa shape index (κ2) is 7.68. The molecule has 5 nitrogen and oxygen atoms in total.